The molecule has 0 aromatic carbocycles. The molecular formula is C2H3NNa2O4. The van der Waals surface area contributed by atoms with Crippen molar-refractivity contribution in [1.82, 2.24) is 5.32 Å². The van der Waals surface area contributed by atoms with E-state index in [1.165, 1.54) is 0 Å². The van der Waals surface area contributed by atoms with Gasteiger partial charge < -0.3 is 10.2 Å². The molecule has 0 saturated carbocycles. The van der Waals surface area contributed by atoms with Crippen LogP contribution in [0.3, 0.4) is 0 Å². The number of carbonyl (C=O) groups is 2. The van der Waals surface area contributed by atoms with Crippen LogP contribution in [0.4, 0.5) is 9.59 Å². The summed E-state index contributed by atoms with van der Waals surface area (Å²) in [6.45, 7) is 0. The van der Waals surface area contributed by atoms with Gasteiger partial charge in [-0.3, -0.25) is 0 Å². The van der Waals surface area contributed by atoms with E-state index in [0.717, 1.165) is 5.32 Å². The summed E-state index contributed by atoms with van der Waals surface area (Å²) < 4.78 is 0. The van der Waals surface area contributed by atoms with Gasteiger partial charge >= 0.3 is 12.2 Å². The van der Waals surface area contributed by atoms with Crippen LogP contribution in [0, 0.1) is 0 Å². The van der Waals surface area contributed by atoms with Crippen LogP contribution in [0.15, 0.2) is 0 Å². The van der Waals surface area contributed by atoms with Crippen molar-refractivity contribution in [2.24, 2.45) is 0 Å². The van der Waals surface area contributed by atoms with Crippen molar-refractivity contribution >= 4 is 71.3 Å². The molecule has 9 heavy (non-hydrogen) atoms. The molecule has 0 aliphatic rings. The molecule has 0 spiro atoms. The van der Waals surface area contributed by atoms with E-state index in [-0.39, 0.29) is 59.1 Å². The first-order valence-electron chi connectivity index (χ1n) is 1.36. The summed E-state index contributed by atoms with van der Waals surface area (Å²) in [4.78, 5) is 18.6. The van der Waals surface area contributed by atoms with E-state index in [1.54, 1.807) is 0 Å². The quantitative estimate of drug-likeness (QED) is 0.394. The van der Waals surface area contributed by atoms with Crippen molar-refractivity contribution in [2.75, 3.05) is 0 Å². The fourth-order valence-corrected chi connectivity index (χ4v) is 0.0915. The minimum absolute atomic E-state index is 0. The largest absolute Gasteiger partial charge is 0.465 e. The third kappa shape index (κ3) is 17.7. The molecule has 0 aliphatic carbocycles. The molecule has 0 aromatic heterocycles. The van der Waals surface area contributed by atoms with Gasteiger partial charge in [0.25, 0.3) is 0 Å². The third-order valence-electron chi connectivity index (χ3n) is 0.214. The Hall–Kier alpha value is 0.740. The summed E-state index contributed by atoms with van der Waals surface area (Å²) in [5.74, 6) is 0. The van der Waals surface area contributed by atoms with Gasteiger partial charge in [0.05, 0.1) is 0 Å². The Morgan fingerprint density at radius 1 is 1.00 bits per heavy atom. The third-order valence-corrected chi connectivity index (χ3v) is 0.214. The van der Waals surface area contributed by atoms with Crippen LogP contribution in [-0.2, 0) is 0 Å². The first-order valence-corrected chi connectivity index (χ1v) is 1.36. The van der Waals surface area contributed by atoms with Crippen molar-refractivity contribution in [3.63, 3.8) is 0 Å². The summed E-state index contributed by atoms with van der Waals surface area (Å²) in [6, 6.07) is 0. The van der Waals surface area contributed by atoms with Crippen LogP contribution in [-0.4, -0.2) is 81.5 Å². The van der Waals surface area contributed by atoms with Gasteiger partial charge in [-0.1, -0.05) is 0 Å². The standard InChI is InChI=1S/C2H3NO4.2Na/c4-1(5)3-2(6)7;;/h3H,(H,4,5)(H,6,7);;. The number of nitrogens with one attached hydrogen (secondary N) is 1. The zero-order chi connectivity index (χ0) is 5.86. The molecule has 2 radical (unpaired) electrons. The monoisotopic (exact) mass is 151 g/mol. The number of hydrogen-bond donors (Lipinski definition) is 3. The number of hydrogen-bond acceptors (Lipinski definition) is 2. The minimum Gasteiger partial charge on any atom is -0.465 e. The van der Waals surface area contributed by atoms with Crippen molar-refractivity contribution in [2.45, 2.75) is 0 Å². The van der Waals surface area contributed by atoms with Crippen LogP contribution in [0.2, 0.25) is 0 Å². The van der Waals surface area contributed by atoms with Gasteiger partial charge in [0.2, 0.25) is 0 Å². The van der Waals surface area contributed by atoms with Gasteiger partial charge in [-0.15, -0.1) is 0 Å². The Labute approximate surface area is 95.4 Å². The average Bonchev–Trinajstić information content (AvgIpc) is 1.27. The maximum atomic E-state index is 9.32. The van der Waals surface area contributed by atoms with E-state index in [2.05, 4.69) is 0 Å². The number of imide groups is 1. The molecular weight excluding hydrogens is 148 g/mol. The van der Waals surface area contributed by atoms with Crippen LogP contribution in [0.1, 0.15) is 0 Å². The zero-order valence-corrected chi connectivity index (χ0v) is 9.21. The number of amides is 2. The molecule has 7 heteroatoms. The number of rotatable bonds is 0. The normalized spacial score (nSPS) is 5.78. The summed E-state index contributed by atoms with van der Waals surface area (Å²) >= 11 is 0. The molecule has 0 fully saturated rings. The van der Waals surface area contributed by atoms with Gasteiger partial charge in [-0.2, -0.15) is 0 Å². The van der Waals surface area contributed by atoms with Gasteiger partial charge in [0.15, 0.2) is 0 Å². The fourth-order valence-electron chi connectivity index (χ4n) is 0.0915. The zero-order valence-electron chi connectivity index (χ0n) is 5.21. The maximum Gasteiger partial charge on any atom is 0.414 e. The van der Waals surface area contributed by atoms with E-state index in [1.807, 2.05) is 0 Å². The van der Waals surface area contributed by atoms with Gasteiger partial charge in [-0.05, 0) is 0 Å². The second-order valence-corrected chi connectivity index (χ2v) is 0.735. The minimum atomic E-state index is -1.56. The average molecular weight is 151 g/mol. The molecule has 0 saturated heterocycles. The summed E-state index contributed by atoms with van der Waals surface area (Å²) in [6.07, 6.45) is -3.12. The molecule has 2 amide bonds. The van der Waals surface area contributed by atoms with Crippen molar-refractivity contribution in [3.8, 4) is 0 Å². The fraction of sp³-hybridized carbons (Fsp3) is 0. The Kier molecular flexibility index (Phi) is 15.9. The van der Waals surface area contributed by atoms with Gasteiger partial charge in [0.1, 0.15) is 0 Å². The first kappa shape index (κ1) is 16.4. The molecule has 0 rings (SSSR count). The SMILES string of the molecule is O=C(O)NC(=O)O.[Na].[Na]. The molecule has 0 unspecified atom stereocenters. The van der Waals surface area contributed by atoms with E-state index >= 15 is 0 Å². The molecule has 0 aliphatic heterocycles. The molecule has 0 aromatic rings. The van der Waals surface area contributed by atoms with E-state index in [4.69, 9.17) is 10.2 Å². The molecule has 5 nitrogen and oxygen atoms in total. The van der Waals surface area contributed by atoms with Gasteiger partial charge in [-0.25, -0.2) is 14.9 Å². The van der Waals surface area contributed by atoms with E-state index in [0.29, 0.717) is 0 Å². The van der Waals surface area contributed by atoms with Crippen LogP contribution < -0.4 is 5.32 Å². The molecule has 0 bridgehead atoms. The molecule has 42 valence electrons. The topological polar surface area (TPSA) is 86.6 Å². The first-order chi connectivity index (χ1) is 3.13. The Morgan fingerprint density at radius 3 is 1.22 bits per heavy atom. The van der Waals surface area contributed by atoms with Crippen LogP contribution in [0.25, 0.3) is 0 Å². The summed E-state index contributed by atoms with van der Waals surface area (Å²) in [5, 5.41) is 16.3. The van der Waals surface area contributed by atoms with Crippen molar-refractivity contribution < 1.29 is 19.8 Å². The smallest absolute Gasteiger partial charge is 0.414 e. The maximum absolute atomic E-state index is 9.32. The van der Waals surface area contributed by atoms with Crippen molar-refractivity contribution in [3.05, 3.63) is 0 Å². The Balaban J connectivity index is -0.000000180. The van der Waals surface area contributed by atoms with Crippen LogP contribution >= 0.6 is 0 Å². The van der Waals surface area contributed by atoms with Crippen molar-refractivity contribution in [1.29, 1.82) is 0 Å². The molecule has 0 atom stereocenters. The second-order valence-electron chi connectivity index (χ2n) is 0.735. The predicted octanol–water partition coefficient (Wildman–Crippen LogP) is -0.830. The molecule has 0 heterocycles. The predicted molar refractivity (Wildman–Crippen MR) is 30.7 cm³/mol. The number of carboxylic acid groups (broad SMARTS) is 2. The Bertz CT molecular complexity index is 92.7. The van der Waals surface area contributed by atoms with E-state index in [9.17, 15) is 9.59 Å². The summed E-state index contributed by atoms with van der Waals surface area (Å²) in [5.41, 5.74) is 0. The second kappa shape index (κ2) is 8.74. The summed E-state index contributed by atoms with van der Waals surface area (Å²) in [7, 11) is 0. The van der Waals surface area contributed by atoms with Crippen LogP contribution in [0.5, 0.6) is 0 Å². The Morgan fingerprint density at radius 2 is 1.22 bits per heavy atom. The molecule has 3 N–H and O–H groups in total. The van der Waals surface area contributed by atoms with E-state index < -0.39 is 12.2 Å². The van der Waals surface area contributed by atoms with Gasteiger partial charge in [0, 0.05) is 59.1 Å².